The van der Waals surface area contributed by atoms with Crippen molar-refractivity contribution in [2.75, 3.05) is 25.2 Å². The summed E-state index contributed by atoms with van der Waals surface area (Å²) in [6, 6.07) is 5.34. The Kier molecular flexibility index (Phi) is 5.60. The first-order valence-electron chi connectivity index (χ1n) is 7.97. The van der Waals surface area contributed by atoms with Crippen LogP contribution in [0.4, 0.5) is 10.1 Å². The Morgan fingerprint density at radius 2 is 2.15 bits per heavy atom. The van der Waals surface area contributed by atoms with Gasteiger partial charge in [0, 0.05) is 16.5 Å². The van der Waals surface area contributed by atoms with E-state index in [1.165, 1.54) is 35.5 Å². The van der Waals surface area contributed by atoms with Gasteiger partial charge in [-0.05, 0) is 37.6 Å². The Bertz CT molecular complexity index is 848. The van der Waals surface area contributed by atoms with Gasteiger partial charge in [0.15, 0.2) is 0 Å². The predicted molar refractivity (Wildman–Crippen MR) is 97.8 cm³/mol. The van der Waals surface area contributed by atoms with Gasteiger partial charge >= 0.3 is 5.97 Å². The summed E-state index contributed by atoms with van der Waals surface area (Å²) < 4.78 is 24.6. The third-order valence-corrected chi connectivity index (χ3v) is 5.37. The lowest BCUT2D eigenvalue weighted by Gasteiger charge is -2.28. The summed E-state index contributed by atoms with van der Waals surface area (Å²) >= 11 is 7.02. The predicted octanol–water partition coefficient (Wildman–Crippen LogP) is 4.07. The molecule has 2 aromatic rings. The maximum absolute atomic E-state index is 14.3. The van der Waals surface area contributed by atoms with Crippen LogP contribution in [-0.4, -0.2) is 38.2 Å². The fraction of sp³-hybridized carbons (Fsp3) is 0.333. The number of thiophene rings is 1. The van der Waals surface area contributed by atoms with Crippen LogP contribution in [0.1, 0.15) is 31.3 Å². The summed E-state index contributed by atoms with van der Waals surface area (Å²) in [5, 5.41) is 0.205. The lowest BCUT2D eigenvalue weighted by Crippen LogP contribution is -2.42. The van der Waals surface area contributed by atoms with E-state index in [1.54, 1.807) is 6.07 Å². The number of halogens is 2. The highest BCUT2D eigenvalue weighted by Crippen LogP contribution is 2.35. The molecule has 1 saturated heterocycles. The van der Waals surface area contributed by atoms with Crippen molar-refractivity contribution < 1.29 is 23.5 Å². The molecule has 26 heavy (non-hydrogen) atoms. The van der Waals surface area contributed by atoms with Gasteiger partial charge < -0.3 is 14.4 Å². The molecule has 0 bridgehead atoms. The molecule has 1 atom stereocenters. The molecular weight excluding hydrogens is 381 g/mol. The molecule has 1 fully saturated rings. The molecule has 0 spiro atoms. The molecule has 0 aliphatic carbocycles. The minimum absolute atomic E-state index is 0.110. The number of methoxy groups -OCH3 is 1. The highest BCUT2D eigenvalue weighted by molar-refractivity contribution is 7.14. The third-order valence-electron chi connectivity index (χ3n) is 4.12. The standard InChI is InChI=1S/C18H17ClFNO4S/c1-10-7-15(16(26-10)18(23)24-2)21(12-5-6-25-9-12)17(22)13-4-3-11(19)8-14(13)20/h3-4,7-8,12H,5-6,9H2,1-2H3. The van der Waals surface area contributed by atoms with Crippen molar-refractivity contribution in [2.45, 2.75) is 19.4 Å². The maximum Gasteiger partial charge on any atom is 0.350 e. The summed E-state index contributed by atoms with van der Waals surface area (Å²) in [7, 11) is 1.28. The number of aryl methyl sites for hydroxylation is 1. The van der Waals surface area contributed by atoms with Gasteiger partial charge in [-0.15, -0.1) is 11.3 Å². The van der Waals surface area contributed by atoms with E-state index in [4.69, 9.17) is 21.1 Å². The van der Waals surface area contributed by atoms with Crippen molar-refractivity contribution in [1.29, 1.82) is 0 Å². The van der Waals surface area contributed by atoms with Gasteiger partial charge in [0.25, 0.3) is 5.91 Å². The van der Waals surface area contributed by atoms with Gasteiger partial charge in [-0.25, -0.2) is 9.18 Å². The summed E-state index contributed by atoms with van der Waals surface area (Å²) in [6.45, 7) is 2.64. The molecule has 2 heterocycles. The summed E-state index contributed by atoms with van der Waals surface area (Å²) in [5.74, 6) is -1.79. The Hall–Kier alpha value is -1.96. The number of anilines is 1. The molecule has 0 N–H and O–H groups in total. The Morgan fingerprint density at radius 1 is 1.38 bits per heavy atom. The molecule has 0 saturated carbocycles. The number of carbonyl (C=O) groups is 2. The zero-order chi connectivity index (χ0) is 18.8. The van der Waals surface area contributed by atoms with Crippen LogP contribution >= 0.6 is 22.9 Å². The summed E-state index contributed by atoms with van der Waals surface area (Å²) in [4.78, 5) is 27.9. The molecule has 1 aromatic carbocycles. The molecule has 1 unspecified atom stereocenters. The van der Waals surface area contributed by atoms with E-state index in [1.807, 2.05) is 6.92 Å². The van der Waals surface area contributed by atoms with Gasteiger partial charge in [0.2, 0.25) is 0 Å². The fourth-order valence-electron chi connectivity index (χ4n) is 2.91. The van der Waals surface area contributed by atoms with E-state index in [0.29, 0.717) is 30.2 Å². The molecular formula is C18H17ClFNO4S. The zero-order valence-electron chi connectivity index (χ0n) is 14.3. The van der Waals surface area contributed by atoms with Crippen molar-refractivity contribution >= 4 is 40.5 Å². The number of esters is 1. The van der Waals surface area contributed by atoms with Crippen molar-refractivity contribution in [2.24, 2.45) is 0 Å². The number of amides is 1. The normalized spacial score (nSPS) is 16.5. The van der Waals surface area contributed by atoms with Gasteiger partial charge in [-0.1, -0.05) is 11.6 Å². The van der Waals surface area contributed by atoms with Crippen LogP contribution in [0.5, 0.6) is 0 Å². The number of rotatable bonds is 4. The number of carbonyl (C=O) groups excluding carboxylic acids is 2. The second-order valence-corrected chi connectivity index (χ2v) is 7.57. The highest BCUT2D eigenvalue weighted by atomic mass is 35.5. The molecule has 3 rings (SSSR count). The van der Waals surface area contributed by atoms with E-state index < -0.39 is 17.7 Å². The third kappa shape index (κ3) is 3.60. The lowest BCUT2D eigenvalue weighted by atomic mass is 10.1. The average Bonchev–Trinajstić information content (AvgIpc) is 3.24. The van der Waals surface area contributed by atoms with E-state index >= 15 is 0 Å². The van der Waals surface area contributed by atoms with Crippen LogP contribution in [0, 0.1) is 12.7 Å². The minimum atomic E-state index is -0.710. The Labute approximate surface area is 159 Å². The number of nitrogens with zero attached hydrogens (tertiary/aromatic N) is 1. The molecule has 1 aromatic heterocycles. The highest BCUT2D eigenvalue weighted by Gasteiger charge is 2.34. The molecule has 8 heteroatoms. The smallest absolute Gasteiger partial charge is 0.350 e. The quantitative estimate of drug-likeness (QED) is 0.730. The van der Waals surface area contributed by atoms with E-state index in [-0.39, 0.29) is 16.6 Å². The molecule has 5 nitrogen and oxygen atoms in total. The van der Waals surface area contributed by atoms with Crippen molar-refractivity contribution in [1.82, 2.24) is 0 Å². The Balaban J connectivity index is 2.09. The first-order chi connectivity index (χ1) is 12.4. The molecule has 1 amide bonds. The molecule has 1 aliphatic rings. The fourth-order valence-corrected chi connectivity index (χ4v) is 3.99. The van der Waals surface area contributed by atoms with Crippen molar-refractivity contribution in [3.8, 4) is 0 Å². The second kappa shape index (κ2) is 7.73. The van der Waals surface area contributed by atoms with Crippen LogP contribution in [-0.2, 0) is 9.47 Å². The number of benzene rings is 1. The molecule has 1 aliphatic heterocycles. The lowest BCUT2D eigenvalue weighted by molar-refractivity contribution is 0.0607. The van der Waals surface area contributed by atoms with Crippen LogP contribution in [0.25, 0.3) is 0 Å². The monoisotopic (exact) mass is 397 g/mol. The van der Waals surface area contributed by atoms with Crippen LogP contribution in [0.3, 0.4) is 0 Å². The number of ether oxygens (including phenoxy) is 2. The number of hydrogen-bond acceptors (Lipinski definition) is 5. The Morgan fingerprint density at radius 3 is 2.77 bits per heavy atom. The van der Waals surface area contributed by atoms with Crippen LogP contribution in [0.15, 0.2) is 24.3 Å². The van der Waals surface area contributed by atoms with Gasteiger partial charge in [-0.3, -0.25) is 4.79 Å². The SMILES string of the molecule is COC(=O)c1sc(C)cc1N(C(=O)c1ccc(Cl)cc1F)C1CCOC1. The van der Waals surface area contributed by atoms with Crippen LogP contribution in [0.2, 0.25) is 5.02 Å². The molecule has 0 radical (unpaired) electrons. The average molecular weight is 398 g/mol. The number of hydrogen-bond donors (Lipinski definition) is 0. The van der Waals surface area contributed by atoms with E-state index in [2.05, 4.69) is 0 Å². The zero-order valence-corrected chi connectivity index (χ0v) is 15.8. The van der Waals surface area contributed by atoms with Crippen molar-refractivity contribution in [3.63, 3.8) is 0 Å². The largest absolute Gasteiger partial charge is 0.465 e. The molecule has 138 valence electrons. The first kappa shape index (κ1) is 18.8. The summed E-state index contributed by atoms with van der Waals surface area (Å²) in [5.41, 5.74) is 0.301. The van der Waals surface area contributed by atoms with Crippen LogP contribution < -0.4 is 4.90 Å². The van der Waals surface area contributed by atoms with Crippen molar-refractivity contribution in [3.05, 3.63) is 50.4 Å². The minimum Gasteiger partial charge on any atom is -0.465 e. The maximum atomic E-state index is 14.3. The second-order valence-electron chi connectivity index (χ2n) is 5.88. The first-order valence-corrected chi connectivity index (χ1v) is 9.17. The van der Waals surface area contributed by atoms with E-state index in [9.17, 15) is 14.0 Å². The van der Waals surface area contributed by atoms with E-state index in [0.717, 1.165) is 10.9 Å². The van der Waals surface area contributed by atoms with Gasteiger partial charge in [0.05, 0.1) is 31.0 Å². The van der Waals surface area contributed by atoms with Gasteiger partial charge in [0.1, 0.15) is 10.7 Å². The van der Waals surface area contributed by atoms with Gasteiger partial charge in [-0.2, -0.15) is 0 Å². The topological polar surface area (TPSA) is 55.8 Å². The summed E-state index contributed by atoms with van der Waals surface area (Å²) in [6.07, 6.45) is 0.594.